The number of rotatable bonds is 4. The Hall–Kier alpha value is -1.62. The maximum absolute atomic E-state index is 11.8. The van der Waals surface area contributed by atoms with Gasteiger partial charge in [0.2, 0.25) is 0 Å². The van der Waals surface area contributed by atoms with Gasteiger partial charge in [-0.05, 0) is 38.8 Å². The lowest BCUT2D eigenvalue weighted by atomic mass is 10.2. The maximum Gasteiger partial charge on any atom is 0.412 e. The topological polar surface area (TPSA) is 76.4 Å². The average Bonchev–Trinajstić information content (AvgIpc) is 2.28. The van der Waals surface area contributed by atoms with Crippen LogP contribution in [0, 0.1) is 5.92 Å². The second-order valence-electron chi connectivity index (χ2n) is 6.32. The lowest BCUT2D eigenvalue weighted by Gasteiger charge is -2.20. The van der Waals surface area contributed by atoms with Gasteiger partial charge in [-0.2, -0.15) is 0 Å². The summed E-state index contributed by atoms with van der Waals surface area (Å²) in [7, 11) is 0. The molecule has 1 aromatic rings. The van der Waals surface area contributed by atoms with Crippen LogP contribution in [0.2, 0.25) is 5.02 Å². The Balaban J connectivity index is 2.87. The summed E-state index contributed by atoms with van der Waals surface area (Å²) < 4.78 is 5.21. The van der Waals surface area contributed by atoms with Gasteiger partial charge < -0.3 is 15.8 Å². The van der Waals surface area contributed by atoms with E-state index in [4.69, 9.17) is 22.1 Å². The van der Waals surface area contributed by atoms with Gasteiger partial charge in [-0.25, -0.2) is 4.79 Å². The number of ether oxygens (including phenoxy) is 1. The molecule has 0 unspecified atom stereocenters. The molecule has 0 spiro atoms. The summed E-state index contributed by atoms with van der Waals surface area (Å²) in [6, 6.07) is 3.32. The third-order valence-electron chi connectivity index (χ3n) is 2.48. The van der Waals surface area contributed by atoms with Crippen LogP contribution in [0.3, 0.4) is 0 Å². The molecule has 0 radical (unpaired) electrons. The van der Waals surface area contributed by atoms with E-state index in [9.17, 15) is 4.79 Å². The van der Waals surface area contributed by atoms with Crippen molar-refractivity contribution in [1.29, 1.82) is 0 Å². The van der Waals surface area contributed by atoms with Gasteiger partial charge in [0.05, 0.1) is 22.1 Å². The zero-order valence-electron chi connectivity index (χ0n) is 13.2. The van der Waals surface area contributed by atoms with Crippen molar-refractivity contribution in [1.82, 2.24) is 0 Å². The van der Waals surface area contributed by atoms with Crippen molar-refractivity contribution in [2.75, 3.05) is 22.9 Å². The summed E-state index contributed by atoms with van der Waals surface area (Å²) >= 11 is 6.14. The fourth-order valence-corrected chi connectivity index (χ4v) is 1.80. The molecular weight excluding hydrogens is 290 g/mol. The molecule has 0 aliphatic heterocycles. The van der Waals surface area contributed by atoms with Crippen molar-refractivity contribution < 1.29 is 9.53 Å². The van der Waals surface area contributed by atoms with Crippen LogP contribution in [-0.2, 0) is 4.74 Å². The number of amides is 1. The monoisotopic (exact) mass is 313 g/mol. The predicted octanol–water partition coefficient (Wildman–Crippen LogP) is 4.34. The number of carbonyl (C=O) groups excluding carboxylic acids is 1. The van der Waals surface area contributed by atoms with E-state index in [1.54, 1.807) is 32.9 Å². The summed E-state index contributed by atoms with van der Waals surface area (Å²) in [4.78, 5) is 11.8. The van der Waals surface area contributed by atoms with Crippen molar-refractivity contribution in [3.05, 3.63) is 17.2 Å². The SMILES string of the molecule is CC(C)CNc1cc(NC(=O)OC(C)(C)C)c(N)cc1Cl. The molecule has 0 atom stereocenters. The number of nitrogens with two attached hydrogens (primary N) is 1. The minimum Gasteiger partial charge on any atom is -0.444 e. The Morgan fingerprint density at radius 2 is 1.95 bits per heavy atom. The highest BCUT2D eigenvalue weighted by Gasteiger charge is 2.17. The predicted molar refractivity (Wildman–Crippen MR) is 89.0 cm³/mol. The standard InChI is InChI=1S/C15H24ClN3O2/c1-9(2)8-18-12-7-13(11(17)6-10(12)16)19-14(20)21-15(3,4)5/h6-7,9,18H,8,17H2,1-5H3,(H,19,20). The van der Waals surface area contributed by atoms with Crippen molar-refractivity contribution in [3.63, 3.8) is 0 Å². The van der Waals surface area contributed by atoms with Crippen LogP contribution in [0.1, 0.15) is 34.6 Å². The van der Waals surface area contributed by atoms with E-state index in [0.717, 1.165) is 12.2 Å². The van der Waals surface area contributed by atoms with E-state index in [1.807, 2.05) is 0 Å². The first-order valence-electron chi connectivity index (χ1n) is 6.91. The second kappa shape index (κ2) is 6.89. The van der Waals surface area contributed by atoms with Crippen molar-refractivity contribution in [2.45, 2.75) is 40.2 Å². The third kappa shape index (κ3) is 6.12. The Morgan fingerprint density at radius 3 is 2.48 bits per heavy atom. The minimum atomic E-state index is -0.565. The third-order valence-corrected chi connectivity index (χ3v) is 2.79. The number of hydrogen-bond acceptors (Lipinski definition) is 4. The van der Waals surface area contributed by atoms with E-state index in [1.165, 1.54) is 0 Å². The van der Waals surface area contributed by atoms with Crippen molar-refractivity contribution >= 4 is 34.8 Å². The summed E-state index contributed by atoms with van der Waals surface area (Å²) in [5.41, 5.74) is 6.90. The average molecular weight is 314 g/mol. The molecule has 5 nitrogen and oxygen atoms in total. The number of nitrogen functional groups attached to an aromatic ring is 1. The molecule has 1 rings (SSSR count). The van der Waals surface area contributed by atoms with Gasteiger partial charge in [0.25, 0.3) is 0 Å². The highest BCUT2D eigenvalue weighted by atomic mass is 35.5. The molecule has 118 valence electrons. The van der Waals surface area contributed by atoms with Crippen LogP contribution in [-0.4, -0.2) is 18.2 Å². The first-order valence-corrected chi connectivity index (χ1v) is 7.29. The first kappa shape index (κ1) is 17.4. The Labute approximate surface area is 131 Å². The lowest BCUT2D eigenvalue weighted by molar-refractivity contribution is 0.0636. The molecule has 0 aliphatic carbocycles. The molecule has 0 heterocycles. The van der Waals surface area contributed by atoms with Crippen LogP contribution in [0.25, 0.3) is 0 Å². The van der Waals surface area contributed by atoms with Crippen LogP contribution in [0.4, 0.5) is 21.9 Å². The highest BCUT2D eigenvalue weighted by molar-refractivity contribution is 6.33. The molecular formula is C15H24ClN3O2. The van der Waals surface area contributed by atoms with E-state index in [0.29, 0.717) is 22.3 Å². The van der Waals surface area contributed by atoms with Gasteiger partial charge in [-0.3, -0.25) is 5.32 Å². The van der Waals surface area contributed by atoms with Crippen LogP contribution >= 0.6 is 11.6 Å². The Kier molecular flexibility index (Phi) is 5.72. The lowest BCUT2D eigenvalue weighted by Crippen LogP contribution is -2.27. The highest BCUT2D eigenvalue weighted by Crippen LogP contribution is 2.31. The molecule has 0 saturated carbocycles. The second-order valence-corrected chi connectivity index (χ2v) is 6.73. The first-order chi connectivity index (χ1) is 9.58. The van der Waals surface area contributed by atoms with Gasteiger partial charge in [-0.1, -0.05) is 25.4 Å². The number of anilines is 3. The van der Waals surface area contributed by atoms with E-state index < -0.39 is 11.7 Å². The number of carbonyl (C=O) groups is 1. The molecule has 0 saturated heterocycles. The fourth-order valence-electron chi connectivity index (χ4n) is 1.56. The molecule has 6 heteroatoms. The quantitative estimate of drug-likeness (QED) is 0.723. The molecule has 0 fully saturated rings. The van der Waals surface area contributed by atoms with Gasteiger partial charge in [-0.15, -0.1) is 0 Å². The smallest absolute Gasteiger partial charge is 0.412 e. The van der Waals surface area contributed by atoms with Crippen molar-refractivity contribution in [3.8, 4) is 0 Å². The molecule has 4 N–H and O–H groups in total. The Morgan fingerprint density at radius 1 is 1.33 bits per heavy atom. The number of halogens is 1. The normalized spacial score (nSPS) is 11.4. The fraction of sp³-hybridized carbons (Fsp3) is 0.533. The molecule has 0 bridgehead atoms. The summed E-state index contributed by atoms with van der Waals surface area (Å²) in [6.45, 7) is 10.4. The molecule has 21 heavy (non-hydrogen) atoms. The van der Waals surface area contributed by atoms with Crippen molar-refractivity contribution in [2.24, 2.45) is 5.92 Å². The molecule has 1 aromatic carbocycles. The maximum atomic E-state index is 11.8. The largest absolute Gasteiger partial charge is 0.444 e. The zero-order valence-corrected chi connectivity index (χ0v) is 14.0. The molecule has 0 aromatic heterocycles. The van der Waals surface area contributed by atoms with E-state index in [-0.39, 0.29) is 0 Å². The van der Waals surface area contributed by atoms with E-state index in [2.05, 4.69) is 24.5 Å². The van der Waals surface area contributed by atoms with Crippen LogP contribution < -0.4 is 16.4 Å². The van der Waals surface area contributed by atoms with Gasteiger partial charge in [0, 0.05) is 6.54 Å². The zero-order chi connectivity index (χ0) is 16.2. The minimum absolute atomic E-state index is 0.390. The molecule has 0 aliphatic rings. The number of benzene rings is 1. The Bertz CT molecular complexity index is 510. The summed E-state index contributed by atoms with van der Waals surface area (Å²) in [5, 5.41) is 6.38. The van der Waals surface area contributed by atoms with E-state index >= 15 is 0 Å². The summed E-state index contributed by atoms with van der Waals surface area (Å²) in [6.07, 6.45) is -0.550. The molecule has 1 amide bonds. The van der Waals surface area contributed by atoms with Gasteiger partial charge in [0.1, 0.15) is 5.60 Å². The van der Waals surface area contributed by atoms with Gasteiger partial charge in [0.15, 0.2) is 0 Å². The number of hydrogen-bond donors (Lipinski definition) is 3. The number of nitrogens with one attached hydrogen (secondary N) is 2. The van der Waals surface area contributed by atoms with Crippen LogP contribution in [0.15, 0.2) is 12.1 Å². The summed E-state index contributed by atoms with van der Waals surface area (Å²) in [5.74, 6) is 0.473. The van der Waals surface area contributed by atoms with Gasteiger partial charge >= 0.3 is 6.09 Å². The van der Waals surface area contributed by atoms with Crippen LogP contribution in [0.5, 0.6) is 0 Å².